The molecule has 1 unspecified atom stereocenters. The highest BCUT2D eigenvalue weighted by atomic mass is 32.2. The average Bonchev–Trinajstić information content (AvgIpc) is 1.65. The number of nitrogens with two attached hydrogens (primary N) is 1. The van der Waals surface area contributed by atoms with Gasteiger partial charge in [0.25, 0.3) is 0 Å². The van der Waals surface area contributed by atoms with Crippen LogP contribution in [0.15, 0.2) is 0 Å². The van der Waals surface area contributed by atoms with Crippen molar-refractivity contribution >= 4 is 16.3 Å². The molecule has 0 aromatic rings. The second-order valence-electron chi connectivity index (χ2n) is 1.60. The number of sulfonamides is 1. The molecule has 1 radical (unpaired) electrons. The summed E-state index contributed by atoms with van der Waals surface area (Å²) in [5.41, 5.74) is 0. The van der Waals surface area contributed by atoms with Crippen LogP contribution in [-0.2, 0) is 14.8 Å². The molecule has 0 aliphatic heterocycles. The molecule has 0 amide bonds. The maximum Gasteiger partial charge on any atom is 0.219 e. The van der Waals surface area contributed by atoms with Gasteiger partial charge in [-0.15, -0.1) is 0 Å². The first-order valence-corrected chi connectivity index (χ1v) is 4.02. The first-order valence-electron chi connectivity index (χ1n) is 2.41. The van der Waals surface area contributed by atoms with E-state index in [1.807, 2.05) is 0 Å². The van der Waals surface area contributed by atoms with Crippen molar-refractivity contribution in [3.05, 3.63) is 0 Å². The van der Waals surface area contributed by atoms with Gasteiger partial charge in [0, 0.05) is 0 Å². The van der Waals surface area contributed by atoms with Crippen molar-refractivity contribution in [1.82, 2.24) is 0 Å². The normalized spacial score (nSPS) is 14.9. The lowest BCUT2D eigenvalue weighted by atomic mass is 10.4. The Morgan fingerprint density at radius 2 is 2.11 bits per heavy atom. The quantitative estimate of drug-likeness (QED) is 0.570. The highest BCUT2D eigenvalue weighted by molar-refractivity contribution is 7.90. The number of carbonyl (C=O) groups excluding carboxylic acids is 1. The van der Waals surface area contributed by atoms with Gasteiger partial charge in [0.1, 0.15) is 5.25 Å². The van der Waals surface area contributed by atoms with E-state index < -0.39 is 15.3 Å². The van der Waals surface area contributed by atoms with Gasteiger partial charge in [-0.3, -0.25) is 4.79 Å². The van der Waals surface area contributed by atoms with Gasteiger partial charge in [0.2, 0.25) is 16.3 Å². The Balaban J connectivity index is 4.32. The molecule has 4 nitrogen and oxygen atoms in total. The Kier molecular flexibility index (Phi) is 2.80. The maximum absolute atomic E-state index is 10.3. The van der Waals surface area contributed by atoms with E-state index in [1.54, 1.807) is 6.92 Å². The molecule has 0 saturated heterocycles. The molecule has 9 heavy (non-hydrogen) atoms. The van der Waals surface area contributed by atoms with Crippen molar-refractivity contribution in [2.24, 2.45) is 5.14 Å². The molecule has 0 heterocycles. The zero-order valence-electron chi connectivity index (χ0n) is 4.99. The van der Waals surface area contributed by atoms with Gasteiger partial charge in [-0.2, -0.15) is 0 Å². The van der Waals surface area contributed by atoms with Gasteiger partial charge >= 0.3 is 0 Å². The van der Waals surface area contributed by atoms with Crippen molar-refractivity contribution in [2.45, 2.75) is 18.6 Å². The van der Waals surface area contributed by atoms with Crippen molar-refractivity contribution < 1.29 is 13.2 Å². The number of hydrogen-bond donors (Lipinski definition) is 1. The van der Waals surface area contributed by atoms with Crippen LogP contribution in [0.1, 0.15) is 13.3 Å². The Morgan fingerprint density at radius 3 is 2.11 bits per heavy atom. The summed E-state index contributed by atoms with van der Waals surface area (Å²) in [6.07, 6.45) is 1.51. The van der Waals surface area contributed by atoms with E-state index in [-0.39, 0.29) is 6.42 Å². The van der Waals surface area contributed by atoms with Gasteiger partial charge < -0.3 is 0 Å². The number of primary sulfonamides is 1. The zero-order valence-corrected chi connectivity index (χ0v) is 5.81. The van der Waals surface area contributed by atoms with Crippen LogP contribution in [0.3, 0.4) is 0 Å². The molecule has 0 rings (SSSR count). The van der Waals surface area contributed by atoms with Crippen LogP contribution >= 0.6 is 0 Å². The summed E-state index contributed by atoms with van der Waals surface area (Å²) in [6, 6.07) is 0. The fourth-order valence-electron chi connectivity index (χ4n) is 0.383. The minimum Gasteiger partial charge on any atom is -0.289 e. The van der Waals surface area contributed by atoms with Crippen molar-refractivity contribution in [3.8, 4) is 0 Å². The predicted octanol–water partition coefficient (Wildman–Crippen LogP) is -0.837. The van der Waals surface area contributed by atoms with Crippen molar-refractivity contribution in [1.29, 1.82) is 0 Å². The van der Waals surface area contributed by atoms with E-state index in [2.05, 4.69) is 5.14 Å². The van der Waals surface area contributed by atoms with E-state index in [0.29, 0.717) is 0 Å². The number of rotatable bonds is 3. The summed E-state index contributed by atoms with van der Waals surface area (Å²) in [7, 11) is -3.69. The molecule has 53 valence electrons. The van der Waals surface area contributed by atoms with Crippen LogP contribution in [0.4, 0.5) is 0 Å². The van der Waals surface area contributed by atoms with Crippen molar-refractivity contribution in [3.63, 3.8) is 0 Å². The summed E-state index contributed by atoms with van der Waals surface area (Å²) >= 11 is 0. The fourth-order valence-corrected chi connectivity index (χ4v) is 0.981. The molecular weight excluding hydrogens is 142 g/mol. The molecule has 0 aromatic carbocycles. The van der Waals surface area contributed by atoms with Crippen molar-refractivity contribution in [2.75, 3.05) is 0 Å². The van der Waals surface area contributed by atoms with Crippen LogP contribution in [-0.4, -0.2) is 20.0 Å². The molecular formula is C4H8NO3S. The third-order valence-corrected chi connectivity index (χ3v) is 2.12. The summed E-state index contributed by atoms with van der Waals surface area (Å²) in [6.45, 7) is 1.56. The van der Waals surface area contributed by atoms with Gasteiger partial charge in [0.15, 0.2) is 0 Å². The Labute approximate surface area is 54.1 Å². The predicted molar refractivity (Wildman–Crippen MR) is 32.9 cm³/mol. The second-order valence-corrected chi connectivity index (χ2v) is 3.35. The van der Waals surface area contributed by atoms with Gasteiger partial charge in [0.05, 0.1) is 0 Å². The SMILES string of the molecule is CCC([C]=O)S(N)(=O)=O. The summed E-state index contributed by atoms with van der Waals surface area (Å²) in [5, 5.41) is 3.46. The first kappa shape index (κ1) is 8.58. The third kappa shape index (κ3) is 2.57. The van der Waals surface area contributed by atoms with Crippen LogP contribution in [0.2, 0.25) is 0 Å². The molecule has 0 bridgehead atoms. The molecule has 0 saturated carbocycles. The summed E-state index contributed by atoms with van der Waals surface area (Å²) in [5.74, 6) is 0. The highest BCUT2D eigenvalue weighted by Crippen LogP contribution is 1.95. The standard InChI is InChI=1S/C4H8NO3S/c1-2-4(3-6)9(5,7)8/h4H,2H2,1H3,(H2,5,7,8). The lowest BCUT2D eigenvalue weighted by Gasteiger charge is -1.99. The maximum atomic E-state index is 10.3. The summed E-state index contributed by atoms with van der Waals surface area (Å²) < 4.78 is 20.6. The van der Waals surface area contributed by atoms with E-state index in [9.17, 15) is 13.2 Å². The number of hydrogen-bond acceptors (Lipinski definition) is 3. The fraction of sp³-hybridized carbons (Fsp3) is 0.750. The summed E-state index contributed by atoms with van der Waals surface area (Å²) in [4.78, 5) is 9.80. The lowest BCUT2D eigenvalue weighted by molar-refractivity contribution is 0.543. The van der Waals surface area contributed by atoms with Gasteiger partial charge in [-0.25, -0.2) is 13.6 Å². The monoisotopic (exact) mass is 150 g/mol. The van der Waals surface area contributed by atoms with Gasteiger partial charge in [-0.1, -0.05) is 6.92 Å². The van der Waals surface area contributed by atoms with Crippen LogP contribution in [0, 0.1) is 0 Å². The lowest BCUT2D eigenvalue weighted by Crippen LogP contribution is -2.28. The van der Waals surface area contributed by atoms with E-state index in [1.165, 1.54) is 6.29 Å². The molecule has 1 atom stereocenters. The molecule has 0 spiro atoms. The topological polar surface area (TPSA) is 77.2 Å². The Bertz CT molecular complexity index is 184. The average molecular weight is 150 g/mol. The van der Waals surface area contributed by atoms with Crippen LogP contribution < -0.4 is 5.14 Å². The Hall–Kier alpha value is -0.420. The van der Waals surface area contributed by atoms with E-state index in [0.717, 1.165) is 0 Å². The first-order chi connectivity index (χ1) is 4.02. The van der Waals surface area contributed by atoms with Gasteiger partial charge in [-0.05, 0) is 6.42 Å². The molecule has 0 aromatic heterocycles. The van der Waals surface area contributed by atoms with E-state index >= 15 is 0 Å². The molecule has 2 N–H and O–H groups in total. The van der Waals surface area contributed by atoms with Crippen LogP contribution in [0.25, 0.3) is 0 Å². The minimum absolute atomic E-state index is 0.183. The smallest absolute Gasteiger partial charge is 0.219 e. The molecule has 0 aliphatic carbocycles. The van der Waals surface area contributed by atoms with Crippen LogP contribution in [0.5, 0.6) is 0 Å². The van der Waals surface area contributed by atoms with E-state index in [4.69, 9.17) is 0 Å². The zero-order chi connectivity index (χ0) is 7.49. The molecule has 5 heteroatoms. The molecule has 0 aliphatic rings. The highest BCUT2D eigenvalue weighted by Gasteiger charge is 2.18. The molecule has 0 fully saturated rings. The second kappa shape index (κ2) is 2.93. The largest absolute Gasteiger partial charge is 0.289 e. The Morgan fingerprint density at radius 1 is 1.67 bits per heavy atom. The third-order valence-electron chi connectivity index (χ3n) is 0.899. The minimum atomic E-state index is -3.69.